The number of sulfonamides is 1. The Morgan fingerprint density at radius 2 is 2.00 bits per heavy atom. The number of nitro groups is 1. The average Bonchev–Trinajstić information content (AvgIpc) is 2.26. The van der Waals surface area contributed by atoms with Crippen LogP contribution in [-0.2, 0) is 14.8 Å². The van der Waals surface area contributed by atoms with Gasteiger partial charge in [0.1, 0.15) is 5.78 Å². The summed E-state index contributed by atoms with van der Waals surface area (Å²) in [6.45, 7) is 0.816. The lowest BCUT2D eigenvalue weighted by Gasteiger charge is -2.05. The Morgan fingerprint density at radius 1 is 1.41 bits per heavy atom. The van der Waals surface area contributed by atoms with Crippen LogP contribution in [0.3, 0.4) is 0 Å². The van der Waals surface area contributed by atoms with Crippen LogP contribution in [0.5, 0.6) is 0 Å². The van der Waals surface area contributed by atoms with Gasteiger partial charge in [0, 0.05) is 6.07 Å². The highest BCUT2D eigenvalue weighted by atomic mass is 32.2. The number of hydrogen-bond acceptors (Lipinski definition) is 5. The normalized spacial score (nSPS) is 11.1. The van der Waals surface area contributed by atoms with Crippen LogP contribution in [-0.4, -0.2) is 25.7 Å². The highest BCUT2D eigenvalue weighted by molar-refractivity contribution is 7.89. The van der Waals surface area contributed by atoms with E-state index in [0.29, 0.717) is 0 Å². The van der Waals surface area contributed by atoms with Gasteiger partial charge in [-0.15, -0.1) is 0 Å². The Hall–Kier alpha value is -1.80. The van der Waals surface area contributed by atoms with Gasteiger partial charge >= 0.3 is 0 Å². The number of Topliss-reactive ketones (excluding diaryl/α,β-unsaturated/α-hetero) is 1. The molecule has 0 heterocycles. The maximum Gasteiger partial charge on any atom is 0.289 e. The first-order chi connectivity index (χ1) is 7.84. The molecule has 0 unspecified atom stereocenters. The summed E-state index contributed by atoms with van der Waals surface area (Å²) in [5.41, 5.74) is -0.524. The Balaban J connectivity index is 3.15. The zero-order valence-corrected chi connectivity index (χ0v) is 9.73. The van der Waals surface area contributed by atoms with E-state index in [9.17, 15) is 23.3 Å². The minimum Gasteiger partial charge on any atom is -0.299 e. The lowest BCUT2D eigenvalue weighted by atomic mass is 10.3. The van der Waals surface area contributed by atoms with Crippen molar-refractivity contribution in [3.63, 3.8) is 0 Å². The molecule has 0 saturated heterocycles. The number of carbonyl (C=O) groups excluding carboxylic acids is 1. The number of carbonyl (C=O) groups is 1. The first-order valence-corrected chi connectivity index (χ1v) is 6.05. The molecule has 0 aliphatic carbocycles. The van der Waals surface area contributed by atoms with Gasteiger partial charge in [-0.25, -0.2) is 13.1 Å². The molecule has 0 bridgehead atoms. The van der Waals surface area contributed by atoms with Gasteiger partial charge in [0.25, 0.3) is 5.69 Å². The van der Waals surface area contributed by atoms with Crippen molar-refractivity contribution in [2.24, 2.45) is 0 Å². The van der Waals surface area contributed by atoms with Gasteiger partial charge in [-0.2, -0.15) is 0 Å². The van der Waals surface area contributed by atoms with Crippen LogP contribution < -0.4 is 4.72 Å². The van der Waals surface area contributed by atoms with E-state index in [1.165, 1.54) is 19.1 Å². The SMILES string of the molecule is CC(=O)CNS(=O)(=O)c1ccccc1[N+](=O)[O-]. The predicted molar refractivity (Wildman–Crippen MR) is 59.0 cm³/mol. The molecular weight excluding hydrogens is 248 g/mol. The molecule has 92 valence electrons. The third-order valence-corrected chi connectivity index (χ3v) is 3.31. The van der Waals surface area contributed by atoms with Crippen LogP contribution in [0.4, 0.5) is 5.69 Å². The van der Waals surface area contributed by atoms with Crippen LogP contribution in [0.15, 0.2) is 29.2 Å². The molecular formula is C9H10N2O5S. The van der Waals surface area contributed by atoms with E-state index in [0.717, 1.165) is 12.1 Å². The number of nitrogens with zero attached hydrogens (tertiary/aromatic N) is 1. The summed E-state index contributed by atoms with van der Waals surface area (Å²) in [5.74, 6) is -0.382. The van der Waals surface area contributed by atoms with Gasteiger partial charge in [-0.3, -0.25) is 14.9 Å². The number of hydrogen-bond donors (Lipinski definition) is 1. The first-order valence-electron chi connectivity index (χ1n) is 4.57. The Morgan fingerprint density at radius 3 is 2.53 bits per heavy atom. The van der Waals surface area contributed by atoms with Gasteiger partial charge < -0.3 is 0 Å². The molecule has 0 fully saturated rings. The van der Waals surface area contributed by atoms with Crippen molar-refractivity contribution in [2.45, 2.75) is 11.8 Å². The van der Waals surface area contributed by atoms with E-state index in [4.69, 9.17) is 0 Å². The van der Waals surface area contributed by atoms with Crippen molar-refractivity contribution in [1.82, 2.24) is 4.72 Å². The topological polar surface area (TPSA) is 106 Å². The van der Waals surface area contributed by atoms with E-state index >= 15 is 0 Å². The minimum absolute atomic E-state index is 0.382. The highest BCUT2D eigenvalue weighted by Crippen LogP contribution is 2.22. The third kappa shape index (κ3) is 3.33. The molecule has 17 heavy (non-hydrogen) atoms. The van der Waals surface area contributed by atoms with Crippen molar-refractivity contribution < 1.29 is 18.1 Å². The number of benzene rings is 1. The quantitative estimate of drug-likeness (QED) is 0.610. The number of ketones is 1. The Bertz CT molecular complexity index is 552. The lowest BCUT2D eigenvalue weighted by Crippen LogP contribution is -2.28. The van der Waals surface area contributed by atoms with Crippen molar-refractivity contribution in [3.05, 3.63) is 34.4 Å². The monoisotopic (exact) mass is 258 g/mol. The first kappa shape index (κ1) is 13.3. The number of nitro benzene ring substituents is 1. The van der Waals surface area contributed by atoms with Crippen LogP contribution in [0.25, 0.3) is 0 Å². The molecule has 1 N–H and O–H groups in total. The van der Waals surface area contributed by atoms with E-state index < -0.39 is 32.1 Å². The summed E-state index contributed by atoms with van der Waals surface area (Å²) in [6.07, 6.45) is 0. The second-order valence-corrected chi connectivity index (χ2v) is 4.99. The molecule has 1 aromatic carbocycles. The van der Waals surface area contributed by atoms with Gasteiger partial charge in [0.2, 0.25) is 10.0 Å². The van der Waals surface area contributed by atoms with Gasteiger partial charge in [0.15, 0.2) is 4.90 Å². The van der Waals surface area contributed by atoms with E-state index in [1.807, 2.05) is 4.72 Å². The van der Waals surface area contributed by atoms with Crippen molar-refractivity contribution in [2.75, 3.05) is 6.54 Å². The van der Waals surface area contributed by atoms with Gasteiger partial charge in [-0.1, -0.05) is 12.1 Å². The standard InChI is InChI=1S/C9H10N2O5S/c1-7(12)6-10-17(15,16)9-5-3-2-4-8(9)11(13)14/h2-5,10H,6H2,1H3. The van der Waals surface area contributed by atoms with Crippen molar-refractivity contribution >= 4 is 21.5 Å². The molecule has 1 aromatic rings. The molecule has 0 aliphatic heterocycles. The molecule has 0 saturated carbocycles. The molecule has 1 rings (SSSR count). The summed E-state index contributed by atoms with van der Waals surface area (Å²) in [5, 5.41) is 10.7. The predicted octanol–water partition coefficient (Wildman–Crippen LogP) is 0.462. The number of para-hydroxylation sites is 1. The molecule has 0 atom stereocenters. The second kappa shape index (κ2) is 5.02. The maximum absolute atomic E-state index is 11.7. The minimum atomic E-state index is -4.04. The Kier molecular flexibility index (Phi) is 3.92. The van der Waals surface area contributed by atoms with Crippen LogP contribution in [0.2, 0.25) is 0 Å². The number of nitrogens with one attached hydrogen (secondary N) is 1. The summed E-state index contributed by atoms with van der Waals surface area (Å²) in [6, 6.07) is 4.93. The molecule has 7 nitrogen and oxygen atoms in total. The highest BCUT2D eigenvalue weighted by Gasteiger charge is 2.24. The molecule has 8 heteroatoms. The fourth-order valence-electron chi connectivity index (χ4n) is 1.11. The molecule has 0 aromatic heterocycles. The van der Waals surface area contributed by atoms with E-state index in [2.05, 4.69) is 0 Å². The van der Waals surface area contributed by atoms with Crippen LogP contribution in [0, 0.1) is 10.1 Å². The second-order valence-electron chi connectivity index (χ2n) is 3.25. The number of rotatable bonds is 5. The lowest BCUT2D eigenvalue weighted by molar-refractivity contribution is -0.387. The fourth-order valence-corrected chi connectivity index (χ4v) is 2.33. The Labute approximate surface area is 97.7 Å². The fraction of sp³-hybridized carbons (Fsp3) is 0.222. The van der Waals surface area contributed by atoms with E-state index in [-0.39, 0.29) is 5.78 Å². The summed E-state index contributed by atoms with van der Waals surface area (Å²) < 4.78 is 25.4. The van der Waals surface area contributed by atoms with Crippen LogP contribution >= 0.6 is 0 Å². The third-order valence-electron chi connectivity index (χ3n) is 1.86. The summed E-state index contributed by atoms with van der Waals surface area (Å²) >= 11 is 0. The zero-order chi connectivity index (χ0) is 13.1. The molecule has 0 spiro atoms. The largest absolute Gasteiger partial charge is 0.299 e. The zero-order valence-electron chi connectivity index (χ0n) is 8.91. The molecule has 0 radical (unpaired) electrons. The smallest absolute Gasteiger partial charge is 0.289 e. The molecule has 0 amide bonds. The molecule has 0 aliphatic rings. The summed E-state index contributed by atoms with van der Waals surface area (Å²) in [4.78, 5) is 20.1. The van der Waals surface area contributed by atoms with Gasteiger partial charge in [0.05, 0.1) is 11.5 Å². The van der Waals surface area contributed by atoms with Crippen molar-refractivity contribution in [3.8, 4) is 0 Å². The van der Waals surface area contributed by atoms with Crippen LogP contribution in [0.1, 0.15) is 6.92 Å². The maximum atomic E-state index is 11.7. The average molecular weight is 258 g/mol. The summed E-state index contributed by atoms with van der Waals surface area (Å²) in [7, 11) is -4.04. The van der Waals surface area contributed by atoms with E-state index in [1.54, 1.807) is 0 Å². The van der Waals surface area contributed by atoms with Crippen molar-refractivity contribution in [1.29, 1.82) is 0 Å². The van der Waals surface area contributed by atoms with Gasteiger partial charge in [-0.05, 0) is 13.0 Å².